The summed E-state index contributed by atoms with van der Waals surface area (Å²) >= 11 is 0. The highest BCUT2D eigenvalue weighted by Gasteiger charge is 2.16. The van der Waals surface area contributed by atoms with Crippen LogP contribution in [0.3, 0.4) is 0 Å². The van der Waals surface area contributed by atoms with Gasteiger partial charge >= 0.3 is 6.03 Å². The number of hydrogen-bond acceptors (Lipinski definition) is 4. The molecule has 3 aromatic rings. The van der Waals surface area contributed by atoms with E-state index in [4.69, 9.17) is 4.74 Å². The first-order valence-electron chi connectivity index (χ1n) is 9.30. The van der Waals surface area contributed by atoms with E-state index in [0.717, 1.165) is 35.7 Å². The minimum absolute atomic E-state index is 0.321. The summed E-state index contributed by atoms with van der Waals surface area (Å²) in [4.78, 5) is 14.8. The van der Waals surface area contributed by atoms with Crippen molar-refractivity contribution in [2.24, 2.45) is 7.05 Å². The number of nitrogens with one attached hydrogen (secondary N) is 2. The molecular weight excluding hydrogens is 354 g/mol. The molecule has 0 aliphatic carbocycles. The van der Waals surface area contributed by atoms with Crippen molar-refractivity contribution in [3.8, 4) is 11.3 Å². The molecule has 1 saturated heterocycles. The number of benzene rings is 2. The van der Waals surface area contributed by atoms with E-state index >= 15 is 0 Å². The molecule has 0 saturated carbocycles. The molecule has 2 aromatic carbocycles. The minimum atomic E-state index is -0.321. The van der Waals surface area contributed by atoms with Crippen LogP contribution in [0.5, 0.6) is 0 Å². The zero-order chi connectivity index (χ0) is 19.3. The Morgan fingerprint density at radius 3 is 2.50 bits per heavy atom. The van der Waals surface area contributed by atoms with Crippen molar-refractivity contribution < 1.29 is 9.53 Å². The summed E-state index contributed by atoms with van der Waals surface area (Å²) < 4.78 is 7.18. The monoisotopic (exact) mass is 377 g/mol. The number of aryl methyl sites for hydroxylation is 1. The fourth-order valence-electron chi connectivity index (χ4n) is 3.34. The van der Waals surface area contributed by atoms with Gasteiger partial charge in [0.05, 0.1) is 30.3 Å². The fraction of sp³-hybridized carbons (Fsp3) is 0.238. The van der Waals surface area contributed by atoms with Gasteiger partial charge in [0.2, 0.25) is 0 Å². The molecule has 0 unspecified atom stereocenters. The lowest BCUT2D eigenvalue weighted by atomic mass is 10.1. The van der Waals surface area contributed by atoms with Gasteiger partial charge in [-0.25, -0.2) is 4.79 Å². The third-order valence-electron chi connectivity index (χ3n) is 4.69. The highest BCUT2D eigenvalue weighted by Crippen LogP contribution is 2.27. The predicted octanol–water partition coefficient (Wildman–Crippen LogP) is 3.57. The highest BCUT2D eigenvalue weighted by molar-refractivity contribution is 6.01. The topological polar surface area (TPSA) is 71.4 Å². The third kappa shape index (κ3) is 3.99. The lowest BCUT2D eigenvalue weighted by Crippen LogP contribution is -2.37. The van der Waals surface area contributed by atoms with Crippen LogP contribution in [0, 0.1) is 0 Å². The summed E-state index contributed by atoms with van der Waals surface area (Å²) in [6.45, 7) is 3.00. The number of aromatic nitrogens is 2. The second-order valence-corrected chi connectivity index (χ2v) is 6.60. The molecule has 2 N–H and O–H groups in total. The van der Waals surface area contributed by atoms with Gasteiger partial charge in [-0.1, -0.05) is 42.5 Å². The Morgan fingerprint density at radius 1 is 1.00 bits per heavy atom. The summed E-state index contributed by atoms with van der Waals surface area (Å²) in [6.07, 6.45) is 0. The van der Waals surface area contributed by atoms with E-state index in [1.165, 1.54) is 0 Å². The van der Waals surface area contributed by atoms with Crippen molar-refractivity contribution in [3.63, 3.8) is 0 Å². The molecule has 1 aliphatic heterocycles. The molecule has 7 heteroatoms. The molecule has 2 heterocycles. The van der Waals surface area contributed by atoms with Crippen molar-refractivity contribution in [2.45, 2.75) is 0 Å². The second-order valence-electron chi connectivity index (χ2n) is 6.60. The van der Waals surface area contributed by atoms with Gasteiger partial charge in [-0.05, 0) is 17.7 Å². The highest BCUT2D eigenvalue weighted by atomic mass is 16.5. The number of amides is 2. The molecule has 2 amide bonds. The normalized spacial score (nSPS) is 14.0. The molecule has 1 aliphatic rings. The van der Waals surface area contributed by atoms with Crippen molar-refractivity contribution in [3.05, 3.63) is 60.7 Å². The van der Waals surface area contributed by atoms with Crippen LogP contribution in [0.2, 0.25) is 0 Å². The first-order valence-corrected chi connectivity index (χ1v) is 9.30. The summed E-state index contributed by atoms with van der Waals surface area (Å²) in [6, 6.07) is 19.3. The van der Waals surface area contributed by atoms with Gasteiger partial charge in [-0.3, -0.25) is 10.00 Å². The van der Waals surface area contributed by atoms with Crippen LogP contribution in [0.25, 0.3) is 11.3 Å². The number of anilines is 3. The Bertz CT molecular complexity index is 948. The first-order chi connectivity index (χ1) is 13.7. The minimum Gasteiger partial charge on any atom is -0.378 e. The lowest BCUT2D eigenvalue weighted by Gasteiger charge is -2.30. The smallest absolute Gasteiger partial charge is 0.324 e. The summed E-state index contributed by atoms with van der Waals surface area (Å²) in [5, 5.41) is 10.2. The average molecular weight is 377 g/mol. The van der Waals surface area contributed by atoms with Crippen molar-refractivity contribution in [2.75, 3.05) is 41.8 Å². The maximum atomic E-state index is 12.6. The van der Waals surface area contributed by atoms with Gasteiger partial charge in [0.25, 0.3) is 0 Å². The Labute approximate surface area is 163 Å². The molecular formula is C21H23N5O2. The van der Waals surface area contributed by atoms with Crippen molar-refractivity contribution in [1.29, 1.82) is 0 Å². The van der Waals surface area contributed by atoms with Crippen LogP contribution in [-0.4, -0.2) is 42.1 Å². The first kappa shape index (κ1) is 18.1. The molecule has 1 aromatic heterocycles. The Morgan fingerprint density at radius 2 is 1.71 bits per heavy atom. The lowest BCUT2D eigenvalue weighted by molar-refractivity contribution is 0.123. The third-order valence-corrected chi connectivity index (χ3v) is 4.69. The maximum Gasteiger partial charge on any atom is 0.324 e. The van der Waals surface area contributed by atoms with Gasteiger partial charge in [0.1, 0.15) is 0 Å². The number of morpholine rings is 1. The van der Waals surface area contributed by atoms with Gasteiger partial charge < -0.3 is 15.0 Å². The van der Waals surface area contributed by atoms with E-state index in [1.807, 2.05) is 67.7 Å². The van der Waals surface area contributed by atoms with Crippen LogP contribution < -0.4 is 15.5 Å². The number of nitrogens with zero attached hydrogens (tertiary/aromatic N) is 3. The zero-order valence-electron chi connectivity index (χ0n) is 15.8. The van der Waals surface area contributed by atoms with Crippen molar-refractivity contribution >= 4 is 23.2 Å². The van der Waals surface area contributed by atoms with Crippen molar-refractivity contribution in [1.82, 2.24) is 9.78 Å². The number of hydrogen-bond donors (Lipinski definition) is 2. The quantitative estimate of drug-likeness (QED) is 0.729. The largest absolute Gasteiger partial charge is 0.378 e. The predicted molar refractivity (Wildman–Crippen MR) is 111 cm³/mol. The van der Waals surface area contributed by atoms with Crippen LogP contribution >= 0.6 is 0 Å². The van der Waals surface area contributed by atoms with Gasteiger partial charge in [-0.2, -0.15) is 5.10 Å². The number of carbonyl (C=O) groups is 1. The van der Waals surface area contributed by atoms with E-state index < -0.39 is 0 Å². The van der Waals surface area contributed by atoms with E-state index in [9.17, 15) is 4.79 Å². The number of ether oxygens (including phenoxy) is 1. The number of carbonyl (C=O) groups excluding carboxylic acids is 1. The standard InChI is InChI=1S/C21H23N5O2/c1-25-19(16-7-3-2-4-8-16)15-20(24-25)23-21(27)22-17-9-5-6-10-18(17)26-11-13-28-14-12-26/h2-10,15H,11-14H2,1H3,(H2,22,23,24,27). The van der Waals surface area contributed by atoms with Crippen LogP contribution in [0.1, 0.15) is 0 Å². The Balaban J connectivity index is 1.47. The number of rotatable bonds is 4. The molecule has 0 spiro atoms. The average Bonchev–Trinajstić information content (AvgIpc) is 3.09. The number of urea groups is 1. The Kier molecular flexibility index (Phi) is 5.25. The SMILES string of the molecule is Cn1nc(NC(=O)Nc2ccccc2N2CCOCC2)cc1-c1ccccc1. The fourth-order valence-corrected chi connectivity index (χ4v) is 3.34. The zero-order valence-corrected chi connectivity index (χ0v) is 15.8. The van der Waals surface area contributed by atoms with Gasteiger partial charge in [0, 0.05) is 26.2 Å². The van der Waals surface area contributed by atoms with E-state index in [2.05, 4.69) is 20.6 Å². The number of para-hydroxylation sites is 2. The molecule has 0 radical (unpaired) electrons. The van der Waals surface area contributed by atoms with Crippen LogP contribution in [0.15, 0.2) is 60.7 Å². The summed E-state index contributed by atoms with van der Waals surface area (Å²) in [5.74, 6) is 0.503. The van der Waals surface area contributed by atoms with E-state index in [1.54, 1.807) is 4.68 Å². The van der Waals surface area contributed by atoms with E-state index in [0.29, 0.717) is 19.0 Å². The summed E-state index contributed by atoms with van der Waals surface area (Å²) in [7, 11) is 1.86. The van der Waals surface area contributed by atoms with Crippen LogP contribution in [0.4, 0.5) is 22.0 Å². The van der Waals surface area contributed by atoms with E-state index in [-0.39, 0.29) is 6.03 Å². The molecule has 4 rings (SSSR count). The molecule has 7 nitrogen and oxygen atoms in total. The molecule has 0 bridgehead atoms. The summed E-state index contributed by atoms with van der Waals surface area (Å²) in [5.41, 5.74) is 3.74. The Hall–Kier alpha value is -3.32. The van der Waals surface area contributed by atoms with Crippen LogP contribution in [-0.2, 0) is 11.8 Å². The maximum absolute atomic E-state index is 12.6. The van der Waals surface area contributed by atoms with Gasteiger partial charge in [-0.15, -0.1) is 0 Å². The molecule has 0 atom stereocenters. The second kappa shape index (κ2) is 8.14. The van der Waals surface area contributed by atoms with Gasteiger partial charge in [0.15, 0.2) is 5.82 Å². The molecule has 28 heavy (non-hydrogen) atoms. The molecule has 144 valence electrons. The molecule has 1 fully saturated rings.